The average Bonchev–Trinajstić information content (AvgIpc) is 2.85. The van der Waals surface area contributed by atoms with Crippen LogP contribution in [0.5, 0.6) is 0 Å². The molecule has 0 aromatic carbocycles. The Morgan fingerprint density at radius 2 is 2.37 bits per heavy atom. The van der Waals surface area contributed by atoms with E-state index in [-0.39, 0.29) is 5.41 Å². The Hall–Kier alpha value is -0.760. The van der Waals surface area contributed by atoms with Crippen molar-refractivity contribution in [1.29, 1.82) is 0 Å². The summed E-state index contributed by atoms with van der Waals surface area (Å²) in [5.41, 5.74) is 1.03. The lowest BCUT2D eigenvalue weighted by Crippen LogP contribution is -2.33. The van der Waals surface area contributed by atoms with E-state index in [2.05, 4.69) is 23.3 Å². The van der Waals surface area contributed by atoms with Crippen LogP contribution in [0.25, 0.3) is 0 Å². The summed E-state index contributed by atoms with van der Waals surface area (Å²) in [5.74, 6) is 5.28. The number of nitrogens with two attached hydrogens (primary N) is 1. The van der Waals surface area contributed by atoms with Gasteiger partial charge in [-0.2, -0.15) is 15.4 Å². The fraction of sp³-hybridized carbons (Fsp3) is 0.455. The van der Waals surface area contributed by atoms with Gasteiger partial charge in [0.2, 0.25) is 0 Å². The predicted octanol–water partition coefficient (Wildman–Crippen LogP) is 3.37. The zero-order valence-corrected chi connectivity index (χ0v) is 13.3. The van der Waals surface area contributed by atoms with Crippen LogP contribution in [0.1, 0.15) is 20.8 Å². The largest absolute Gasteiger partial charge is 0.371 e. The maximum atomic E-state index is 5.86. The summed E-state index contributed by atoms with van der Waals surface area (Å²) in [6, 6.07) is 4.02. The van der Waals surface area contributed by atoms with Gasteiger partial charge in [-0.15, -0.1) is 11.3 Å². The Morgan fingerprint density at radius 3 is 2.84 bits per heavy atom. The highest BCUT2D eigenvalue weighted by Gasteiger charge is 2.34. The standard InChI is InChI=1S/C11H15ClN4OS2/c1-7-11(2,3)6-16(14-7)10(17-13)15-19-9-5-4-8(12)18-9/h4-5H,6,13H2,1-3H3/b15-10-. The summed E-state index contributed by atoms with van der Waals surface area (Å²) in [4.78, 5) is 4.82. The molecular formula is C11H15ClN4OS2. The second kappa shape index (κ2) is 5.70. The molecule has 0 unspecified atom stereocenters. The van der Waals surface area contributed by atoms with Crippen LogP contribution in [0.3, 0.4) is 0 Å². The van der Waals surface area contributed by atoms with Crippen molar-refractivity contribution in [1.82, 2.24) is 5.01 Å². The predicted molar refractivity (Wildman–Crippen MR) is 81.5 cm³/mol. The molecule has 1 aliphatic rings. The van der Waals surface area contributed by atoms with Gasteiger partial charge in [0.05, 0.1) is 15.1 Å². The van der Waals surface area contributed by atoms with E-state index in [1.165, 1.54) is 23.3 Å². The summed E-state index contributed by atoms with van der Waals surface area (Å²) in [6.45, 7) is 6.92. The topological polar surface area (TPSA) is 63.2 Å². The number of rotatable bonds is 2. The van der Waals surface area contributed by atoms with E-state index in [0.29, 0.717) is 12.6 Å². The average molecular weight is 319 g/mol. The van der Waals surface area contributed by atoms with Gasteiger partial charge in [-0.25, -0.2) is 5.01 Å². The molecule has 1 aliphatic heterocycles. The summed E-state index contributed by atoms with van der Waals surface area (Å²) in [7, 11) is 0. The first-order valence-electron chi connectivity index (χ1n) is 5.63. The molecule has 1 aromatic rings. The van der Waals surface area contributed by atoms with Gasteiger partial charge in [-0.05, 0) is 19.1 Å². The zero-order chi connectivity index (χ0) is 14.0. The maximum absolute atomic E-state index is 5.86. The van der Waals surface area contributed by atoms with Crippen molar-refractivity contribution in [2.75, 3.05) is 6.54 Å². The third-order valence-electron chi connectivity index (χ3n) is 2.88. The lowest BCUT2D eigenvalue weighted by Gasteiger charge is -2.19. The van der Waals surface area contributed by atoms with Gasteiger partial charge in [0.25, 0.3) is 0 Å². The number of thiophene rings is 1. The Morgan fingerprint density at radius 1 is 1.63 bits per heavy atom. The number of halogens is 1. The summed E-state index contributed by atoms with van der Waals surface area (Å²) in [6.07, 6.45) is 0. The normalized spacial score (nSPS) is 18.7. The molecule has 0 atom stereocenters. The number of hydrazone groups is 1. The van der Waals surface area contributed by atoms with E-state index < -0.39 is 0 Å². The molecule has 0 amide bonds. The second-order valence-electron chi connectivity index (χ2n) is 4.77. The minimum atomic E-state index is -0.00376. The van der Waals surface area contributed by atoms with E-state index in [1.807, 2.05) is 19.1 Å². The van der Waals surface area contributed by atoms with Crippen molar-refractivity contribution < 1.29 is 4.84 Å². The molecule has 0 aliphatic carbocycles. The smallest absolute Gasteiger partial charge is 0.339 e. The van der Waals surface area contributed by atoms with Crippen molar-refractivity contribution in [2.45, 2.75) is 25.0 Å². The Bertz CT molecular complexity index is 527. The fourth-order valence-corrected chi connectivity index (χ4v) is 3.39. The molecule has 0 bridgehead atoms. The summed E-state index contributed by atoms with van der Waals surface area (Å²) in [5, 5.41) is 6.09. The monoisotopic (exact) mass is 318 g/mol. The first kappa shape index (κ1) is 14.6. The minimum Gasteiger partial charge on any atom is -0.371 e. The molecule has 1 aromatic heterocycles. The first-order valence-corrected chi connectivity index (χ1v) is 7.59. The fourth-order valence-electron chi connectivity index (χ4n) is 1.51. The molecule has 2 heterocycles. The molecule has 2 rings (SSSR count). The lowest BCUT2D eigenvalue weighted by atomic mass is 9.89. The van der Waals surface area contributed by atoms with Crippen molar-refractivity contribution in [2.24, 2.45) is 20.8 Å². The SMILES string of the molecule is CC1=NN(/C(=N/Sc2ccc(Cl)s2)ON)CC1(C)C. The van der Waals surface area contributed by atoms with E-state index in [1.54, 1.807) is 5.01 Å². The van der Waals surface area contributed by atoms with E-state index in [0.717, 1.165) is 14.3 Å². The lowest BCUT2D eigenvalue weighted by molar-refractivity contribution is 0.235. The molecule has 104 valence electrons. The quantitative estimate of drug-likeness (QED) is 0.393. The van der Waals surface area contributed by atoms with Gasteiger partial charge in [0, 0.05) is 23.1 Å². The van der Waals surface area contributed by atoms with E-state index in [9.17, 15) is 0 Å². The zero-order valence-electron chi connectivity index (χ0n) is 10.9. The highest BCUT2D eigenvalue weighted by molar-refractivity contribution is 8.00. The Balaban J connectivity index is 2.09. The summed E-state index contributed by atoms with van der Waals surface area (Å²) >= 11 is 8.58. The summed E-state index contributed by atoms with van der Waals surface area (Å²) < 4.78 is 5.96. The second-order valence-corrected chi connectivity index (χ2v) is 7.55. The molecule has 0 spiro atoms. The van der Waals surface area contributed by atoms with Crippen LogP contribution in [-0.2, 0) is 4.84 Å². The van der Waals surface area contributed by atoms with E-state index in [4.69, 9.17) is 22.3 Å². The number of hydrogen-bond donors (Lipinski definition) is 1. The third-order valence-corrected chi connectivity index (χ3v) is 4.95. The molecule has 19 heavy (non-hydrogen) atoms. The van der Waals surface area contributed by atoms with Crippen molar-refractivity contribution in [3.8, 4) is 0 Å². The highest BCUT2D eigenvalue weighted by atomic mass is 35.5. The molecule has 0 radical (unpaired) electrons. The van der Waals surface area contributed by atoms with Crippen LogP contribution in [0, 0.1) is 5.41 Å². The van der Waals surface area contributed by atoms with Gasteiger partial charge in [-0.1, -0.05) is 25.4 Å². The van der Waals surface area contributed by atoms with Crippen LogP contribution < -0.4 is 5.90 Å². The van der Waals surface area contributed by atoms with Crippen LogP contribution >= 0.6 is 34.9 Å². The van der Waals surface area contributed by atoms with E-state index >= 15 is 0 Å². The minimum absolute atomic E-state index is 0.00376. The van der Waals surface area contributed by atoms with Gasteiger partial charge < -0.3 is 4.84 Å². The molecule has 2 N–H and O–H groups in total. The third kappa shape index (κ3) is 3.42. The molecular weight excluding hydrogens is 304 g/mol. The molecule has 0 saturated heterocycles. The van der Waals surface area contributed by atoms with Crippen LogP contribution in [0.15, 0.2) is 25.8 Å². The molecule has 0 saturated carbocycles. The molecule has 8 heteroatoms. The number of nitrogens with zero attached hydrogens (tertiary/aromatic N) is 3. The van der Waals surface area contributed by atoms with Gasteiger partial charge in [0.1, 0.15) is 0 Å². The van der Waals surface area contributed by atoms with Gasteiger partial charge in [0.15, 0.2) is 0 Å². The van der Waals surface area contributed by atoms with Crippen molar-refractivity contribution in [3.05, 3.63) is 16.5 Å². The van der Waals surface area contributed by atoms with Gasteiger partial charge >= 0.3 is 6.02 Å². The Labute approximate surface area is 125 Å². The van der Waals surface area contributed by atoms with Crippen molar-refractivity contribution >= 4 is 46.6 Å². The highest BCUT2D eigenvalue weighted by Crippen LogP contribution is 2.32. The maximum Gasteiger partial charge on any atom is 0.339 e. The van der Waals surface area contributed by atoms with Crippen molar-refractivity contribution in [3.63, 3.8) is 0 Å². The van der Waals surface area contributed by atoms with Crippen LogP contribution in [0.4, 0.5) is 0 Å². The van der Waals surface area contributed by atoms with Crippen LogP contribution in [0.2, 0.25) is 4.34 Å². The molecule has 0 fully saturated rings. The number of amidine groups is 1. The van der Waals surface area contributed by atoms with Crippen LogP contribution in [-0.4, -0.2) is 23.3 Å². The number of hydrogen-bond acceptors (Lipinski definition) is 6. The molecule has 5 nitrogen and oxygen atoms in total. The van der Waals surface area contributed by atoms with Gasteiger partial charge in [-0.3, -0.25) is 0 Å². The Kier molecular flexibility index (Phi) is 4.39. The first-order chi connectivity index (χ1) is 8.92.